The first-order valence-corrected chi connectivity index (χ1v) is 8.77. The van der Waals surface area contributed by atoms with Crippen molar-refractivity contribution in [1.82, 2.24) is 15.2 Å². The second kappa shape index (κ2) is 6.46. The molecule has 0 saturated carbocycles. The highest BCUT2D eigenvalue weighted by Crippen LogP contribution is 2.27. The monoisotopic (exact) mass is 323 g/mol. The average Bonchev–Trinajstić information content (AvgIpc) is 3.22. The van der Waals surface area contributed by atoms with Gasteiger partial charge in [0, 0.05) is 16.7 Å². The summed E-state index contributed by atoms with van der Waals surface area (Å²) in [6, 6.07) is 10.2. The average molecular weight is 323 g/mol. The van der Waals surface area contributed by atoms with Crippen molar-refractivity contribution in [2.24, 2.45) is 0 Å². The standard InChI is InChI=1S/C18H17N3OS/c1-2-6-13(7-3-1)10-11-23-18-21-20-17(22-18)16-12-14-8-4-5-9-15(14)19-16/h2,4-9,12,19H,1,3,10-11H2. The predicted molar refractivity (Wildman–Crippen MR) is 93.4 cm³/mol. The number of thioether (sulfide) groups is 1. The molecule has 1 N–H and O–H groups in total. The fourth-order valence-electron chi connectivity index (χ4n) is 2.67. The lowest BCUT2D eigenvalue weighted by molar-refractivity contribution is 0.465. The Labute approximate surface area is 138 Å². The molecule has 116 valence electrons. The minimum Gasteiger partial charge on any atom is -0.410 e. The van der Waals surface area contributed by atoms with Crippen molar-refractivity contribution < 1.29 is 4.42 Å². The van der Waals surface area contributed by atoms with Crippen LogP contribution in [0.5, 0.6) is 0 Å². The van der Waals surface area contributed by atoms with Gasteiger partial charge in [0.25, 0.3) is 11.1 Å². The molecular weight excluding hydrogens is 306 g/mol. The number of nitrogens with one attached hydrogen (secondary N) is 1. The number of allylic oxidation sites excluding steroid dienone is 4. The van der Waals surface area contributed by atoms with Gasteiger partial charge in [-0.1, -0.05) is 53.8 Å². The fourth-order valence-corrected chi connectivity index (χ4v) is 3.42. The molecular formula is C18H17N3OS. The largest absolute Gasteiger partial charge is 0.410 e. The topological polar surface area (TPSA) is 54.7 Å². The lowest BCUT2D eigenvalue weighted by Gasteiger charge is -2.04. The molecule has 0 fully saturated rings. The molecule has 1 aliphatic carbocycles. The summed E-state index contributed by atoms with van der Waals surface area (Å²) >= 11 is 1.61. The molecule has 0 bridgehead atoms. The Hall–Kier alpha value is -2.27. The van der Waals surface area contributed by atoms with Gasteiger partial charge >= 0.3 is 0 Å². The van der Waals surface area contributed by atoms with Gasteiger partial charge in [-0.2, -0.15) is 0 Å². The molecule has 1 aromatic carbocycles. The Morgan fingerprint density at radius 2 is 2.13 bits per heavy atom. The molecule has 0 radical (unpaired) electrons. The number of hydrogen-bond acceptors (Lipinski definition) is 4. The Balaban J connectivity index is 1.42. The van der Waals surface area contributed by atoms with Crippen LogP contribution in [0.3, 0.4) is 0 Å². The summed E-state index contributed by atoms with van der Waals surface area (Å²) in [5.41, 5.74) is 3.34. The van der Waals surface area contributed by atoms with E-state index in [0.717, 1.165) is 41.6 Å². The van der Waals surface area contributed by atoms with E-state index in [1.165, 1.54) is 5.57 Å². The summed E-state index contributed by atoms with van der Waals surface area (Å²) in [6.07, 6.45) is 10.1. The summed E-state index contributed by atoms with van der Waals surface area (Å²) in [5.74, 6) is 1.49. The van der Waals surface area contributed by atoms with Crippen LogP contribution in [0, 0.1) is 0 Å². The van der Waals surface area contributed by atoms with Crippen molar-refractivity contribution >= 4 is 22.7 Å². The zero-order valence-corrected chi connectivity index (χ0v) is 13.5. The highest BCUT2D eigenvalue weighted by Gasteiger charge is 2.11. The zero-order chi connectivity index (χ0) is 15.5. The van der Waals surface area contributed by atoms with E-state index in [4.69, 9.17) is 4.42 Å². The van der Waals surface area contributed by atoms with Gasteiger partial charge in [-0.05, 0) is 31.4 Å². The van der Waals surface area contributed by atoms with Crippen molar-refractivity contribution in [1.29, 1.82) is 0 Å². The minimum absolute atomic E-state index is 0.542. The van der Waals surface area contributed by atoms with Crippen LogP contribution >= 0.6 is 11.8 Å². The van der Waals surface area contributed by atoms with Crippen LogP contribution in [0.15, 0.2) is 63.8 Å². The van der Waals surface area contributed by atoms with Crippen LogP contribution in [-0.4, -0.2) is 20.9 Å². The van der Waals surface area contributed by atoms with E-state index in [1.807, 2.05) is 24.3 Å². The number of para-hydroxylation sites is 1. The normalized spacial score (nSPS) is 14.3. The van der Waals surface area contributed by atoms with Crippen LogP contribution in [-0.2, 0) is 0 Å². The molecule has 2 heterocycles. The number of hydrogen-bond donors (Lipinski definition) is 1. The molecule has 3 aromatic rings. The van der Waals surface area contributed by atoms with Crippen LogP contribution in [0.25, 0.3) is 22.5 Å². The zero-order valence-electron chi connectivity index (χ0n) is 12.7. The lowest BCUT2D eigenvalue weighted by Crippen LogP contribution is -1.88. The smallest absolute Gasteiger partial charge is 0.276 e. The molecule has 0 atom stereocenters. The van der Waals surface area contributed by atoms with E-state index in [2.05, 4.69) is 39.5 Å². The van der Waals surface area contributed by atoms with E-state index < -0.39 is 0 Å². The van der Waals surface area contributed by atoms with E-state index in [9.17, 15) is 0 Å². The van der Waals surface area contributed by atoms with Crippen LogP contribution in [0.1, 0.15) is 19.3 Å². The molecule has 0 amide bonds. The minimum atomic E-state index is 0.542. The Bertz CT molecular complexity index is 842. The number of benzene rings is 1. The van der Waals surface area contributed by atoms with Gasteiger partial charge in [0.1, 0.15) is 5.69 Å². The van der Waals surface area contributed by atoms with Gasteiger partial charge in [-0.15, -0.1) is 10.2 Å². The maximum Gasteiger partial charge on any atom is 0.276 e. The van der Waals surface area contributed by atoms with Crippen LogP contribution in [0.4, 0.5) is 0 Å². The van der Waals surface area contributed by atoms with Crippen molar-refractivity contribution in [3.05, 3.63) is 54.1 Å². The number of aromatic nitrogens is 3. The highest BCUT2D eigenvalue weighted by atomic mass is 32.2. The summed E-state index contributed by atoms with van der Waals surface area (Å²) in [5, 5.41) is 10.1. The number of H-pyrrole nitrogens is 1. The molecule has 4 nitrogen and oxygen atoms in total. The van der Waals surface area contributed by atoms with Crippen molar-refractivity contribution in [2.75, 3.05) is 5.75 Å². The van der Waals surface area contributed by atoms with Gasteiger partial charge in [0.2, 0.25) is 0 Å². The quantitative estimate of drug-likeness (QED) is 0.673. The Morgan fingerprint density at radius 3 is 3.00 bits per heavy atom. The first-order chi connectivity index (χ1) is 11.4. The number of nitrogens with zero attached hydrogens (tertiary/aromatic N) is 2. The third-order valence-electron chi connectivity index (χ3n) is 3.85. The molecule has 0 saturated heterocycles. The van der Waals surface area contributed by atoms with E-state index in [-0.39, 0.29) is 0 Å². The molecule has 0 spiro atoms. The first-order valence-electron chi connectivity index (χ1n) is 7.78. The Morgan fingerprint density at radius 1 is 1.17 bits per heavy atom. The summed E-state index contributed by atoms with van der Waals surface area (Å²) in [7, 11) is 0. The molecule has 1 aliphatic rings. The van der Waals surface area contributed by atoms with E-state index >= 15 is 0 Å². The fraction of sp³-hybridized carbons (Fsp3) is 0.222. The molecule has 2 aromatic heterocycles. The Kier molecular flexibility index (Phi) is 4.03. The van der Waals surface area contributed by atoms with Gasteiger partial charge < -0.3 is 9.40 Å². The third kappa shape index (κ3) is 3.24. The molecule has 4 rings (SSSR count). The second-order valence-corrected chi connectivity index (χ2v) is 6.55. The van der Waals surface area contributed by atoms with Gasteiger partial charge in [0.05, 0.1) is 0 Å². The highest BCUT2D eigenvalue weighted by molar-refractivity contribution is 7.99. The van der Waals surface area contributed by atoms with Gasteiger partial charge in [0.15, 0.2) is 0 Å². The third-order valence-corrected chi connectivity index (χ3v) is 4.68. The predicted octanol–water partition coefficient (Wildman–Crippen LogP) is 4.98. The lowest BCUT2D eigenvalue weighted by atomic mass is 10.1. The molecule has 0 unspecified atom stereocenters. The number of aromatic amines is 1. The molecule has 0 aliphatic heterocycles. The molecule has 5 heteroatoms. The van der Waals surface area contributed by atoms with Gasteiger partial charge in [-0.3, -0.25) is 0 Å². The maximum absolute atomic E-state index is 5.76. The number of rotatable bonds is 5. The second-order valence-electron chi connectivity index (χ2n) is 5.50. The van der Waals surface area contributed by atoms with Crippen LogP contribution in [0.2, 0.25) is 0 Å². The summed E-state index contributed by atoms with van der Waals surface area (Å²) < 4.78 is 5.76. The summed E-state index contributed by atoms with van der Waals surface area (Å²) in [4.78, 5) is 3.31. The summed E-state index contributed by atoms with van der Waals surface area (Å²) in [6.45, 7) is 0. The number of fused-ring (bicyclic) bond motifs is 1. The van der Waals surface area contributed by atoms with E-state index in [0.29, 0.717) is 11.1 Å². The van der Waals surface area contributed by atoms with Gasteiger partial charge in [-0.25, -0.2) is 0 Å². The van der Waals surface area contributed by atoms with Crippen molar-refractivity contribution in [3.63, 3.8) is 0 Å². The maximum atomic E-state index is 5.76. The van der Waals surface area contributed by atoms with Crippen molar-refractivity contribution in [3.8, 4) is 11.6 Å². The van der Waals surface area contributed by atoms with Crippen molar-refractivity contribution in [2.45, 2.75) is 24.5 Å². The SMILES string of the molecule is C1=CC(CCSc2nnc(-c3cc4ccccc4[nH]3)o2)=CCC1. The first kappa shape index (κ1) is 14.3. The van der Waals surface area contributed by atoms with Crippen LogP contribution < -0.4 is 0 Å². The molecule has 23 heavy (non-hydrogen) atoms. The van der Waals surface area contributed by atoms with E-state index in [1.54, 1.807) is 11.8 Å².